The molecule has 0 atom stereocenters. The molecular formula is C30H22N4OS. The first-order chi connectivity index (χ1) is 17.7. The van der Waals surface area contributed by atoms with E-state index < -0.39 is 0 Å². The summed E-state index contributed by atoms with van der Waals surface area (Å²) in [5, 5.41) is 15.2. The largest absolute Gasteiger partial charge is 0.353 e. The number of carbonyl (C=O) groups is 1. The summed E-state index contributed by atoms with van der Waals surface area (Å²) in [6.45, 7) is 0. The van der Waals surface area contributed by atoms with Gasteiger partial charge in [0.1, 0.15) is 5.69 Å². The molecule has 0 bridgehead atoms. The molecule has 7 rings (SSSR count). The Balaban J connectivity index is 1.26. The molecule has 6 heteroatoms. The first-order valence-electron chi connectivity index (χ1n) is 12.1. The van der Waals surface area contributed by atoms with Crippen molar-refractivity contribution in [2.75, 3.05) is 5.32 Å². The third-order valence-corrected chi connectivity index (χ3v) is 7.97. The van der Waals surface area contributed by atoms with Gasteiger partial charge in [0.25, 0.3) is 0 Å². The molecule has 0 spiro atoms. The van der Waals surface area contributed by atoms with Crippen molar-refractivity contribution < 1.29 is 4.79 Å². The van der Waals surface area contributed by atoms with E-state index in [1.54, 1.807) is 11.3 Å². The van der Waals surface area contributed by atoms with Gasteiger partial charge >= 0.3 is 0 Å². The average Bonchev–Trinajstić information content (AvgIpc) is 3.61. The van der Waals surface area contributed by atoms with E-state index >= 15 is 0 Å². The monoisotopic (exact) mass is 486 g/mol. The number of rotatable bonds is 5. The molecule has 3 aromatic carbocycles. The quantitative estimate of drug-likeness (QED) is 0.237. The summed E-state index contributed by atoms with van der Waals surface area (Å²) in [7, 11) is 0. The summed E-state index contributed by atoms with van der Waals surface area (Å²) in [5.41, 5.74) is 7.79. The van der Waals surface area contributed by atoms with Crippen molar-refractivity contribution in [3.05, 3.63) is 84.2 Å². The van der Waals surface area contributed by atoms with Gasteiger partial charge in [0.15, 0.2) is 0 Å². The van der Waals surface area contributed by atoms with E-state index in [1.807, 2.05) is 18.2 Å². The van der Waals surface area contributed by atoms with Gasteiger partial charge in [-0.15, -0.1) is 11.3 Å². The van der Waals surface area contributed by atoms with Crippen molar-refractivity contribution in [1.82, 2.24) is 15.2 Å². The highest BCUT2D eigenvalue weighted by atomic mass is 32.1. The van der Waals surface area contributed by atoms with E-state index in [-0.39, 0.29) is 11.8 Å². The highest BCUT2D eigenvalue weighted by Crippen LogP contribution is 2.36. The van der Waals surface area contributed by atoms with Crippen LogP contribution in [-0.4, -0.2) is 21.1 Å². The minimum absolute atomic E-state index is 0.0800. The Morgan fingerprint density at radius 3 is 2.78 bits per heavy atom. The molecule has 5 nitrogen and oxygen atoms in total. The zero-order valence-electron chi connectivity index (χ0n) is 19.4. The highest BCUT2D eigenvalue weighted by molar-refractivity contribution is 7.13. The van der Waals surface area contributed by atoms with Crippen molar-refractivity contribution >= 4 is 44.7 Å². The van der Waals surface area contributed by atoms with Gasteiger partial charge in [0.05, 0.1) is 16.9 Å². The van der Waals surface area contributed by atoms with Gasteiger partial charge in [-0.1, -0.05) is 36.8 Å². The SMILES string of the molecule is O=C(Nc1c#ccc(-c2ccc3[nH]nc(-c4cc5c(-c6cccs6)cccc5[nH]4)c3c2)c1)C1CCC1. The standard InChI is InChI=1S/C30H22N4OS/c35-30(18-5-1-6-18)31-21-8-2-7-19(15-21)20-12-13-26-24(16-20)29(34-33-26)27-17-23-22(28-11-4-14-36-28)9-3-10-25(23)32-27/h3-4,7,9-18,32H,1,5-6H2,(H,31,35)(H,33,34). The van der Waals surface area contributed by atoms with Crippen LogP contribution in [0.2, 0.25) is 0 Å². The number of amides is 1. The Hall–Kier alpha value is -4.34. The Bertz CT molecular complexity index is 1720. The summed E-state index contributed by atoms with van der Waals surface area (Å²) < 4.78 is 0. The summed E-state index contributed by atoms with van der Waals surface area (Å²) in [4.78, 5) is 17.2. The van der Waals surface area contributed by atoms with Crippen molar-refractivity contribution in [3.63, 3.8) is 0 Å². The summed E-state index contributed by atoms with van der Waals surface area (Å²) >= 11 is 1.74. The molecule has 1 saturated carbocycles. The van der Waals surface area contributed by atoms with Crippen LogP contribution in [0, 0.1) is 18.1 Å². The lowest BCUT2D eigenvalue weighted by Crippen LogP contribution is -2.27. The van der Waals surface area contributed by atoms with Gasteiger partial charge in [0, 0.05) is 32.6 Å². The number of aromatic amines is 2. The number of nitrogens with zero attached hydrogens (tertiary/aromatic N) is 1. The van der Waals surface area contributed by atoms with Gasteiger partial charge in [-0.3, -0.25) is 9.89 Å². The van der Waals surface area contributed by atoms with Crippen LogP contribution in [-0.2, 0) is 4.79 Å². The predicted molar refractivity (Wildman–Crippen MR) is 146 cm³/mol. The second-order valence-corrected chi connectivity index (χ2v) is 10.3. The van der Waals surface area contributed by atoms with Crippen LogP contribution in [0.25, 0.3) is 54.8 Å². The second kappa shape index (κ2) is 8.40. The first kappa shape index (κ1) is 21.0. The topological polar surface area (TPSA) is 73.6 Å². The molecule has 174 valence electrons. The fourth-order valence-corrected chi connectivity index (χ4v) is 5.66. The van der Waals surface area contributed by atoms with Crippen molar-refractivity contribution in [2.45, 2.75) is 19.3 Å². The van der Waals surface area contributed by atoms with Crippen LogP contribution in [0.4, 0.5) is 5.69 Å². The Kier molecular flexibility index (Phi) is 4.90. The maximum Gasteiger partial charge on any atom is 0.227 e. The van der Waals surface area contributed by atoms with Crippen LogP contribution in [0.3, 0.4) is 0 Å². The van der Waals surface area contributed by atoms with Crippen molar-refractivity contribution in [3.8, 4) is 33.0 Å². The van der Waals surface area contributed by atoms with Crippen LogP contribution in [0.5, 0.6) is 0 Å². The average molecular weight is 487 g/mol. The molecule has 3 aromatic heterocycles. The zero-order valence-corrected chi connectivity index (χ0v) is 20.2. The molecule has 3 heterocycles. The molecule has 1 aliphatic carbocycles. The third-order valence-electron chi connectivity index (χ3n) is 7.07. The second-order valence-electron chi connectivity index (χ2n) is 9.30. The zero-order chi connectivity index (χ0) is 24.1. The number of nitrogens with one attached hydrogen (secondary N) is 3. The number of hydrogen-bond donors (Lipinski definition) is 3. The normalized spacial score (nSPS) is 13.6. The van der Waals surface area contributed by atoms with Crippen LogP contribution in [0.1, 0.15) is 19.3 Å². The van der Waals surface area contributed by atoms with Crippen LogP contribution in [0.15, 0.2) is 72.1 Å². The predicted octanol–water partition coefficient (Wildman–Crippen LogP) is 7.45. The number of thiophene rings is 1. The summed E-state index contributed by atoms with van der Waals surface area (Å²) in [6, 6.07) is 29.0. The number of H-pyrrole nitrogens is 2. The number of benzene rings is 2. The smallest absolute Gasteiger partial charge is 0.227 e. The fraction of sp³-hybridized carbons (Fsp3) is 0.133. The number of anilines is 1. The van der Waals surface area contributed by atoms with Crippen molar-refractivity contribution in [2.24, 2.45) is 5.92 Å². The van der Waals surface area contributed by atoms with Gasteiger partial charge < -0.3 is 10.3 Å². The summed E-state index contributed by atoms with van der Waals surface area (Å²) in [5.74, 6) is 0.208. The first-order valence-corrected chi connectivity index (χ1v) is 13.0. The van der Waals surface area contributed by atoms with E-state index in [1.165, 1.54) is 15.8 Å². The highest BCUT2D eigenvalue weighted by Gasteiger charge is 2.25. The van der Waals surface area contributed by atoms with Crippen LogP contribution < -0.4 is 5.32 Å². The Morgan fingerprint density at radius 2 is 1.94 bits per heavy atom. The molecule has 0 radical (unpaired) electrons. The minimum Gasteiger partial charge on any atom is -0.353 e. The molecule has 0 saturated heterocycles. The van der Waals surface area contributed by atoms with Crippen LogP contribution >= 0.6 is 11.3 Å². The Morgan fingerprint density at radius 1 is 1.00 bits per heavy atom. The summed E-state index contributed by atoms with van der Waals surface area (Å²) in [6.07, 6.45) is 3.07. The molecule has 36 heavy (non-hydrogen) atoms. The van der Waals surface area contributed by atoms with E-state index in [4.69, 9.17) is 0 Å². The molecule has 6 aromatic rings. The van der Waals surface area contributed by atoms with E-state index in [2.05, 4.69) is 86.5 Å². The van der Waals surface area contributed by atoms with Gasteiger partial charge in [-0.25, -0.2) is 0 Å². The number of aromatic nitrogens is 3. The third kappa shape index (κ3) is 3.57. The fourth-order valence-electron chi connectivity index (χ4n) is 4.89. The molecule has 1 fully saturated rings. The lowest BCUT2D eigenvalue weighted by Gasteiger charge is -2.23. The molecular weight excluding hydrogens is 464 g/mol. The molecule has 1 aliphatic rings. The molecule has 0 aliphatic heterocycles. The van der Waals surface area contributed by atoms with Crippen molar-refractivity contribution in [1.29, 1.82) is 0 Å². The Labute approximate surface area is 212 Å². The molecule has 0 unspecified atom stereocenters. The lowest BCUT2D eigenvalue weighted by molar-refractivity contribution is -0.122. The van der Waals surface area contributed by atoms with E-state index in [9.17, 15) is 4.79 Å². The van der Waals surface area contributed by atoms with E-state index in [0.29, 0.717) is 5.69 Å². The lowest BCUT2D eigenvalue weighted by atomic mass is 9.85. The van der Waals surface area contributed by atoms with Gasteiger partial charge in [0.2, 0.25) is 5.91 Å². The van der Waals surface area contributed by atoms with Gasteiger partial charge in [-0.05, 0) is 77.9 Å². The maximum atomic E-state index is 12.4. The molecule has 1 amide bonds. The number of hydrogen-bond acceptors (Lipinski definition) is 3. The maximum absolute atomic E-state index is 12.4. The molecule has 3 N–H and O–H groups in total. The van der Waals surface area contributed by atoms with Gasteiger partial charge in [-0.2, -0.15) is 5.10 Å². The minimum atomic E-state index is 0.0800. The number of fused-ring (bicyclic) bond motifs is 2. The van der Waals surface area contributed by atoms with E-state index in [0.717, 1.165) is 58.2 Å². The number of carbonyl (C=O) groups excluding carboxylic acids is 1.